The third kappa shape index (κ3) is 1.53. The highest BCUT2D eigenvalue weighted by molar-refractivity contribution is 7.17. The maximum absolute atomic E-state index is 4.22. The maximum atomic E-state index is 4.22. The van der Waals surface area contributed by atoms with E-state index in [4.69, 9.17) is 0 Å². The number of H-pyrrole nitrogens is 1. The van der Waals surface area contributed by atoms with Crippen molar-refractivity contribution in [3.05, 3.63) is 29.5 Å². The van der Waals surface area contributed by atoms with Gasteiger partial charge in [0, 0.05) is 6.07 Å². The van der Waals surface area contributed by atoms with Crippen molar-refractivity contribution in [1.82, 2.24) is 20.2 Å². The highest BCUT2D eigenvalue weighted by Crippen LogP contribution is 2.26. The molecular formula is C10H9N5S. The van der Waals surface area contributed by atoms with Crippen molar-refractivity contribution in [2.75, 3.05) is 5.32 Å². The lowest BCUT2D eigenvalue weighted by Crippen LogP contribution is -1.94. The monoisotopic (exact) mass is 231 g/mol. The van der Waals surface area contributed by atoms with Gasteiger partial charge in [0.15, 0.2) is 5.82 Å². The Bertz CT molecular complexity index is 627. The molecule has 0 aromatic carbocycles. The third-order valence-corrected chi connectivity index (χ3v) is 3.11. The zero-order valence-corrected chi connectivity index (χ0v) is 9.38. The first kappa shape index (κ1) is 9.29. The maximum Gasteiger partial charge on any atom is 0.152 e. The highest BCUT2D eigenvalue weighted by Gasteiger charge is 2.05. The van der Waals surface area contributed by atoms with Gasteiger partial charge in [0.1, 0.15) is 12.1 Å². The fourth-order valence-corrected chi connectivity index (χ4v) is 2.28. The zero-order valence-electron chi connectivity index (χ0n) is 8.56. The van der Waals surface area contributed by atoms with Crippen LogP contribution in [-0.4, -0.2) is 20.2 Å². The second kappa shape index (κ2) is 3.57. The lowest BCUT2D eigenvalue weighted by Gasteiger charge is -2.02. The molecule has 0 fully saturated rings. The van der Waals surface area contributed by atoms with Crippen LogP contribution in [0.3, 0.4) is 0 Å². The lowest BCUT2D eigenvalue weighted by atomic mass is 10.4. The Balaban J connectivity index is 2.03. The molecule has 0 unspecified atom stereocenters. The molecule has 0 amide bonds. The van der Waals surface area contributed by atoms with Crippen molar-refractivity contribution in [3.63, 3.8) is 0 Å². The molecule has 3 heterocycles. The summed E-state index contributed by atoms with van der Waals surface area (Å²) in [6, 6.07) is 3.91. The van der Waals surface area contributed by atoms with E-state index in [-0.39, 0.29) is 0 Å². The molecule has 3 aromatic heterocycles. The van der Waals surface area contributed by atoms with Crippen LogP contribution in [-0.2, 0) is 0 Å². The van der Waals surface area contributed by atoms with Crippen molar-refractivity contribution >= 4 is 33.2 Å². The van der Waals surface area contributed by atoms with Gasteiger partial charge < -0.3 is 5.32 Å². The van der Waals surface area contributed by atoms with Crippen molar-refractivity contribution in [3.8, 4) is 0 Å². The fraction of sp³-hybridized carbons (Fsp3) is 0.100. The number of aryl methyl sites for hydroxylation is 1. The Hall–Kier alpha value is -1.95. The van der Waals surface area contributed by atoms with Crippen LogP contribution >= 0.6 is 11.3 Å². The quantitative estimate of drug-likeness (QED) is 0.711. The summed E-state index contributed by atoms with van der Waals surface area (Å²) in [5.41, 5.74) is 1.90. The van der Waals surface area contributed by atoms with E-state index in [0.717, 1.165) is 27.5 Å². The summed E-state index contributed by atoms with van der Waals surface area (Å²) in [5.74, 6) is 1.65. The molecule has 0 aliphatic carbocycles. The molecule has 6 heteroatoms. The van der Waals surface area contributed by atoms with Crippen LogP contribution in [0.5, 0.6) is 0 Å². The van der Waals surface area contributed by atoms with Crippen LogP contribution < -0.4 is 5.32 Å². The lowest BCUT2D eigenvalue weighted by molar-refractivity contribution is 1.05. The molecule has 3 aromatic rings. The van der Waals surface area contributed by atoms with E-state index in [0.29, 0.717) is 0 Å². The normalized spacial score (nSPS) is 10.8. The minimum absolute atomic E-state index is 0.809. The van der Waals surface area contributed by atoms with Gasteiger partial charge in [0.25, 0.3) is 0 Å². The number of rotatable bonds is 2. The van der Waals surface area contributed by atoms with Gasteiger partial charge in [-0.15, -0.1) is 11.3 Å². The number of anilines is 2. The van der Waals surface area contributed by atoms with E-state index in [1.54, 1.807) is 17.7 Å². The third-order valence-electron chi connectivity index (χ3n) is 2.20. The second-order valence-electron chi connectivity index (χ2n) is 3.41. The molecule has 2 N–H and O–H groups in total. The van der Waals surface area contributed by atoms with Crippen LogP contribution in [0.2, 0.25) is 0 Å². The van der Waals surface area contributed by atoms with E-state index < -0.39 is 0 Å². The predicted octanol–water partition coefficient (Wildman–Crippen LogP) is 2.47. The average molecular weight is 231 g/mol. The molecule has 0 aliphatic rings. The summed E-state index contributed by atoms with van der Waals surface area (Å²) < 4.78 is 1.05. The topological polar surface area (TPSA) is 66.5 Å². The van der Waals surface area contributed by atoms with Gasteiger partial charge >= 0.3 is 0 Å². The zero-order chi connectivity index (χ0) is 11.0. The van der Waals surface area contributed by atoms with Gasteiger partial charge in [-0.25, -0.2) is 9.97 Å². The molecule has 3 rings (SSSR count). The minimum Gasteiger partial charge on any atom is -0.324 e. The molecule has 16 heavy (non-hydrogen) atoms. The van der Waals surface area contributed by atoms with Gasteiger partial charge in [0.05, 0.1) is 15.9 Å². The fourth-order valence-electron chi connectivity index (χ4n) is 1.49. The van der Waals surface area contributed by atoms with Crippen molar-refractivity contribution in [2.24, 2.45) is 0 Å². The summed E-state index contributed by atoms with van der Waals surface area (Å²) in [4.78, 5) is 8.41. The molecule has 0 bridgehead atoms. The van der Waals surface area contributed by atoms with Crippen LogP contribution in [0, 0.1) is 6.92 Å². The first-order valence-electron chi connectivity index (χ1n) is 4.80. The summed E-state index contributed by atoms with van der Waals surface area (Å²) >= 11 is 1.62. The molecule has 0 saturated heterocycles. The molecule has 0 atom stereocenters. The second-order valence-corrected chi connectivity index (χ2v) is 4.32. The van der Waals surface area contributed by atoms with E-state index in [1.807, 2.05) is 24.4 Å². The van der Waals surface area contributed by atoms with Crippen molar-refractivity contribution in [1.29, 1.82) is 0 Å². The number of aromatic nitrogens is 4. The van der Waals surface area contributed by atoms with E-state index in [1.165, 1.54) is 0 Å². The molecule has 5 nitrogen and oxygen atoms in total. The number of aromatic amines is 1. The molecule has 0 radical (unpaired) electrons. The van der Waals surface area contributed by atoms with Gasteiger partial charge in [-0.1, -0.05) is 0 Å². The smallest absolute Gasteiger partial charge is 0.152 e. The molecule has 0 aliphatic heterocycles. The molecular weight excluding hydrogens is 222 g/mol. The van der Waals surface area contributed by atoms with Gasteiger partial charge in [-0.05, 0) is 18.4 Å². The summed E-state index contributed by atoms with van der Waals surface area (Å²) in [5, 5.41) is 12.1. The van der Waals surface area contributed by atoms with Crippen molar-refractivity contribution < 1.29 is 0 Å². The SMILES string of the molecule is Cc1cc(Nc2ncnc3ccsc23)[nH]n1. The molecule has 80 valence electrons. The number of hydrogen-bond acceptors (Lipinski definition) is 5. The largest absolute Gasteiger partial charge is 0.324 e. The Morgan fingerprint density at radius 3 is 3.12 bits per heavy atom. The first-order chi connectivity index (χ1) is 7.83. The van der Waals surface area contributed by atoms with Crippen LogP contribution in [0.15, 0.2) is 23.8 Å². The van der Waals surface area contributed by atoms with Crippen LogP contribution in [0.4, 0.5) is 11.6 Å². The summed E-state index contributed by atoms with van der Waals surface area (Å²) in [7, 11) is 0. The minimum atomic E-state index is 0.809. The van der Waals surface area contributed by atoms with E-state index in [9.17, 15) is 0 Å². The Labute approximate surface area is 95.6 Å². The van der Waals surface area contributed by atoms with Gasteiger partial charge in [0.2, 0.25) is 0 Å². The first-order valence-corrected chi connectivity index (χ1v) is 5.68. The van der Waals surface area contributed by atoms with Gasteiger partial charge in [-0.2, -0.15) is 5.10 Å². The highest BCUT2D eigenvalue weighted by atomic mass is 32.1. The van der Waals surface area contributed by atoms with E-state index >= 15 is 0 Å². The Kier molecular flexibility index (Phi) is 2.07. The van der Waals surface area contributed by atoms with E-state index in [2.05, 4.69) is 25.5 Å². The number of nitrogens with zero attached hydrogens (tertiary/aromatic N) is 3. The average Bonchev–Trinajstić information content (AvgIpc) is 2.87. The number of fused-ring (bicyclic) bond motifs is 1. The van der Waals surface area contributed by atoms with Crippen LogP contribution in [0.1, 0.15) is 5.69 Å². The summed E-state index contributed by atoms with van der Waals surface area (Å²) in [6.45, 7) is 1.93. The number of nitrogens with one attached hydrogen (secondary N) is 2. The van der Waals surface area contributed by atoms with Crippen LogP contribution in [0.25, 0.3) is 10.2 Å². The number of thiophene rings is 1. The van der Waals surface area contributed by atoms with Crippen molar-refractivity contribution in [2.45, 2.75) is 6.92 Å². The molecule has 0 saturated carbocycles. The van der Waals surface area contributed by atoms with Gasteiger partial charge in [-0.3, -0.25) is 5.10 Å². The Morgan fingerprint density at radius 1 is 1.38 bits per heavy atom. The molecule has 0 spiro atoms. The number of hydrogen-bond donors (Lipinski definition) is 2. The Morgan fingerprint density at radius 2 is 2.31 bits per heavy atom. The standard InChI is InChI=1S/C10H9N5S/c1-6-4-8(15-14-6)13-10-9-7(2-3-16-9)11-5-12-10/h2-5H,1H3,(H2,11,12,13,14,15). The summed E-state index contributed by atoms with van der Waals surface area (Å²) in [6.07, 6.45) is 1.56. The predicted molar refractivity (Wildman–Crippen MR) is 64.0 cm³/mol.